The maximum atomic E-state index is 11.8. The Morgan fingerprint density at radius 1 is 1.00 bits per heavy atom. The fourth-order valence-corrected chi connectivity index (χ4v) is 4.26. The van der Waals surface area contributed by atoms with Gasteiger partial charge in [0.25, 0.3) is 0 Å². The van der Waals surface area contributed by atoms with Crippen molar-refractivity contribution in [2.75, 3.05) is 25.6 Å². The molecule has 8 heteroatoms. The molecule has 0 radical (unpaired) electrons. The van der Waals surface area contributed by atoms with Gasteiger partial charge in [0.2, 0.25) is 0 Å². The molecule has 3 rings (SSSR count). The zero-order valence-electron chi connectivity index (χ0n) is 14.6. The van der Waals surface area contributed by atoms with E-state index in [0.29, 0.717) is 37.7 Å². The van der Waals surface area contributed by atoms with Crippen LogP contribution in [0, 0.1) is 0 Å². The van der Waals surface area contributed by atoms with Crippen LogP contribution in [0.3, 0.4) is 0 Å². The van der Waals surface area contributed by atoms with E-state index in [1.807, 2.05) is 24.3 Å². The van der Waals surface area contributed by atoms with E-state index in [0.717, 1.165) is 5.56 Å². The molecule has 2 N–H and O–H groups in total. The summed E-state index contributed by atoms with van der Waals surface area (Å²) in [4.78, 5) is 10.8. The number of sulfone groups is 1. The van der Waals surface area contributed by atoms with Crippen LogP contribution in [0.1, 0.15) is 15.9 Å². The number of carbonyl (C=O) groups is 1. The molecule has 0 spiro atoms. The van der Waals surface area contributed by atoms with Gasteiger partial charge in [-0.1, -0.05) is 12.1 Å². The zero-order chi connectivity index (χ0) is 19.3. The van der Waals surface area contributed by atoms with Crippen molar-refractivity contribution in [2.45, 2.75) is 11.7 Å². The van der Waals surface area contributed by atoms with E-state index in [1.54, 1.807) is 12.1 Å². The number of hydrogen-bond donors (Lipinski definition) is 2. The first-order chi connectivity index (χ1) is 12.9. The highest BCUT2D eigenvalue weighted by Crippen LogP contribution is 2.18. The first-order valence-electron chi connectivity index (χ1n) is 8.54. The summed E-state index contributed by atoms with van der Waals surface area (Å²) in [6, 6.07) is 13.5. The Morgan fingerprint density at radius 2 is 1.56 bits per heavy atom. The summed E-state index contributed by atoms with van der Waals surface area (Å²) in [6.07, 6.45) is 0.491. The standard InChI is InChI=1S/C19H21NO6S/c21-19(22)15-3-7-17(8-4-15)26-10-9-25-16-5-1-14(2-6-16)11-18-12-20-13-27(18,23)24/h1-8,18,20H,9-13H2,(H,21,22). The van der Waals surface area contributed by atoms with Crippen molar-refractivity contribution in [2.24, 2.45) is 0 Å². The zero-order valence-corrected chi connectivity index (χ0v) is 15.4. The fraction of sp³-hybridized carbons (Fsp3) is 0.316. The van der Waals surface area contributed by atoms with Crippen molar-refractivity contribution in [3.63, 3.8) is 0 Å². The van der Waals surface area contributed by atoms with Gasteiger partial charge < -0.3 is 19.9 Å². The maximum Gasteiger partial charge on any atom is 0.335 e. The van der Waals surface area contributed by atoms with E-state index in [-0.39, 0.29) is 16.7 Å². The van der Waals surface area contributed by atoms with Crippen LogP contribution in [-0.4, -0.2) is 50.4 Å². The normalized spacial score (nSPS) is 18.1. The van der Waals surface area contributed by atoms with Crippen molar-refractivity contribution in [3.8, 4) is 11.5 Å². The van der Waals surface area contributed by atoms with E-state index in [2.05, 4.69) is 5.32 Å². The molecule has 0 saturated carbocycles. The van der Waals surface area contributed by atoms with Crippen molar-refractivity contribution in [1.82, 2.24) is 5.32 Å². The van der Waals surface area contributed by atoms with Gasteiger partial charge in [-0.3, -0.25) is 0 Å². The van der Waals surface area contributed by atoms with Crippen molar-refractivity contribution < 1.29 is 27.8 Å². The lowest BCUT2D eigenvalue weighted by Crippen LogP contribution is -2.21. The number of hydrogen-bond acceptors (Lipinski definition) is 6. The van der Waals surface area contributed by atoms with Gasteiger partial charge >= 0.3 is 5.97 Å². The Hall–Kier alpha value is -2.58. The summed E-state index contributed by atoms with van der Waals surface area (Å²) in [5.41, 5.74) is 1.16. The summed E-state index contributed by atoms with van der Waals surface area (Å²) in [5, 5.41) is 11.4. The number of ether oxygens (including phenoxy) is 2. The molecule has 0 bridgehead atoms. The molecular weight excluding hydrogens is 370 g/mol. The molecule has 144 valence electrons. The first-order valence-corrected chi connectivity index (χ1v) is 10.3. The second-order valence-electron chi connectivity index (χ2n) is 6.26. The number of benzene rings is 2. The minimum Gasteiger partial charge on any atom is -0.490 e. The number of aromatic carboxylic acids is 1. The van der Waals surface area contributed by atoms with Gasteiger partial charge in [0.15, 0.2) is 9.84 Å². The predicted molar refractivity (Wildman–Crippen MR) is 100 cm³/mol. The van der Waals surface area contributed by atoms with Gasteiger partial charge in [-0.2, -0.15) is 0 Å². The molecule has 1 fully saturated rings. The molecule has 2 aromatic rings. The van der Waals surface area contributed by atoms with E-state index < -0.39 is 15.8 Å². The van der Waals surface area contributed by atoms with Gasteiger partial charge in [-0.15, -0.1) is 0 Å². The third-order valence-electron chi connectivity index (χ3n) is 4.29. The molecule has 1 aliphatic heterocycles. The van der Waals surface area contributed by atoms with Gasteiger partial charge in [-0.25, -0.2) is 13.2 Å². The highest BCUT2D eigenvalue weighted by atomic mass is 32.2. The van der Waals surface area contributed by atoms with Crippen LogP contribution in [0.4, 0.5) is 0 Å². The van der Waals surface area contributed by atoms with Crippen molar-refractivity contribution in [3.05, 3.63) is 59.7 Å². The monoisotopic (exact) mass is 391 g/mol. The largest absolute Gasteiger partial charge is 0.490 e. The van der Waals surface area contributed by atoms with Crippen LogP contribution in [0.25, 0.3) is 0 Å². The molecule has 2 aromatic carbocycles. The lowest BCUT2D eigenvalue weighted by atomic mass is 10.1. The molecule has 27 heavy (non-hydrogen) atoms. The van der Waals surface area contributed by atoms with Gasteiger partial charge in [0.05, 0.1) is 16.7 Å². The van der Waals surface area contributed by atoms with Crippen molar-refractivity contribution >= 4 is 15.8 Å². The molecular formula is C19H21NO6S. The molecule has 7 nitrogen and oxygen atoms in total. The van der Waals surface area contributed by atoms with E-state index in [9.17, 15) is 13.2 Å². The third-order valence-corrected chi connectivity index (χ3v) is 6.25. The Bertz CT molecular complexity index is 877. The quantitative estimate of drug-likeness (QED) is 0.661. The number of carboxylic acids is 1. The Morgan fingerprint density at radius 3 is 2.04 bits per heavy atom. The van der Waals surface area contributed by atoms with Crippen LogP contribution in [0.5, 0.6) is 11.5 Å². The van der Waals surface area contributed by atoms with Gasteiger partial charge in [0.1, 0.15) is 24.7 Å². The lowest BCUT2D eigenvalue weighted by molar-refractivity contribution is 0.0697. The second-order valence-corrected chi connectivity index (χ2v) is 8.54. The minimum absolute atomic E-state index is 0.0535. The molecule has 1 unspecified atom stereocenters. The molecule has 1 aliphatic rings. The third kappa shape index (κ3) is 5.21. The van der Waals surface area contributed by atoms with Crippen LogP contribution in [0.2, 0.25) is 0 Å². The van der Waals surface area contributed by atoms with Gasteiger partial charge in [-0.05, 0) is 48.4 Å². The minimum atomic E-state index is -3.04. The summed E-state index contributed by atoms with van der Waals surface area (Å²) in [7, 11) is -3.04. The molecule has 1 heterocycles. The molecule has 1 atom stereocenters. The average molecular weight is 391 g/mol. The highest BCUT2D eigenvalue weighted by molar-refractivity contribution is 7.92. The van der Waals surface area contributed by atoms with Crippen LogP contribution >= 0.6 is 0 Å². The summed E-state index contributed by atoms with van der Waals surface area (Å²) in [5.74, 6) is 0.328. The molecule has 1 saturated heterocycles. The number of nitrogens with one attached hydrogen (secondary N) is 1. The van der Waals surface area contributed by atoms with Gasteiger partial charge in [0, 0.05) is 6.54 Å². The van der Waals surface area contributed by atoms with E-state index in [4.69, 9.17) is 14.6 Å². The topological polar surface area (TPSA) is 102 Å². The van der Waals surface area contributed by atoms with Crippen LogP contribution in [-0.2, 0) is 16.3 Å². The molecule has 0 amide bonds. The SMILES string of the molecule is O=C(O)c1ccc(OCCOc2ccc(CC3CNCS3(=O)=O)cc2)cc1. The first kappa shape index (κ1) is 19.2. The summed E-state index contributed by atoms with van der Waals surface area (Å²) in [6.45, 7) is 1.15. The molecule has 0 aliphatic carbocycles. The maximum absolute atomic E-state index is 11.8. The van der Waals surface area contributed by atoms with Crippen LogP contribution < -0.4 is 14.8 Å². The smallest absolute Gasteiger partial charge is 0.335 e. The molecule has 0 aromatic heterocycles. The summed E-state index contributed by atoms with van der Waals surface area (Å²) < 4.78 is 34.8. The van der Waals surface area contributed by atoms with Crippen molar-refractivity contribution in [1.29, 1.82) is 0 Å². The lowest BCUT2D eigenvalue weighted by Gasteiger charge is -2.11. The Balaban J connectivity index is 1.43. The predicted octanol–water partition coefficient (Wildman–Crippen LogP) is 1.73. The summed E-state index contributed by atoms with van der Waals surface area (Å²) >= 11 is 0. The Labute approximate surface area is 157 Å². The average Bonchev–Trinajstić information content (AvgIpc) is 2.98. The van der Waals surface area contributed by atoms with E-state index >= 15 is 0 Å². The number of carboxylic acid groups (broad SMARTS) is 1. The fourth-order valence-electron chi connectivity index (χ4n) is 2.80. The Kier molecular flexibility index (Phi) is 5.98. The highest BCUT2D eigenvalue weighted by Gasteiger charge is 2.30. The van der Waals surface area contributed by atoms with E-state index in [1.165, 1.54) is 12.1 Å². The van der Waals surface area contributed by atoms with Crippen LogP contribution in [0.15, 0.2) is 48.5 Å². The second kappa shape index (κ2) is 8.41. The number of rotatable bonds is 8.